The maximum atomic E-state index is 11.3. The topological polar surface area (TPSA) is 53.4 Å². The monoisotopic (exact) mass is 232 g/mol. The van der Waals surface area contributed by atoms with Gasteiger partial charge in [-0.25, -0.2) is 9.48 Å². The quantitative estimate of drug-likeness (QED) is 0.753. The van der Waals surface area contributed by atoms with Crippen molar-refractivity contribution < 1.29 is 14.3 Å². The van der Waals surface area contributed by atoms with E-state index in [4.69, 9.17) is 4.74 Å². The Bertz CT molecular complexity index is 494. The summed E-state index contributed by atoms with van der Waals surface area (Å²) < 4.78 is 11.8. The van der Waals surface area contributed by atoms with Gasteiger partial charge in [-0.3, -0.25) is 0 Å². The van der Waals surface area contributed by atoms with E-state index < -0.39 is 0 Å². The van der Waals surface area contributed by atoms with Gasteiger partial charge in [-0.05, 0) is 24.3 Å². The Labute approximate surface area is 98.6 Å². The number of carbonyl (C=O) groups excluding carboxylic acids is 1. The molecule has 0 spiro atoms. The largest absolute Gasteiger partial charge is 0.471 e. The normalized spacial score (nSPS) is 9.94. The number of hydrogen-bond acceptors (Lipinski definition) is 4. The minimum absolute atomic E-state index is 0.303. The number of rotatable bonds is 4. The van der Waals surface area contributed by atoms with Gasteiger partial charge in [0.05, 0.1) is 12.7 Å². The number of ether oxygens (including phenoxy) is 2. The Morgan fingerprint density at radius 3 is 3.00 bits per heavy atom. The molecule has 1 aromatic heterocycles. The van der Waals surface area contributed by atoms with Crippen molar-refractivity contribution in [1.82, 2.24) is 9.78 Å². The highest BCUT2D eigenvalue weighted by molar-refractivity contribution is 5.89. The molecule has 0 radical (unpaired) electrons. The molecule has 0 saturated heterocycles. The van der Waals surface area contributed by atoms with Crippen LogP contribution in [0.5, 0.6) is 5.75 Å². The van der Waals surface area contributed by atoms with E-state index in [1.54, 1.807) is 41.3 Å². The molecular weight excluding hydrogens is 220 g/mol. The van der Waals surface area contributed by atoms with Gasteiger partial charge in [0.15, 0.2) is 6.73 Å². The molecule has 0 bridgehead atoms. The van der Waals surface area contributed by atoms with E-state index in [-0.39, 0.29) is 5.97 Å². The average molecular weight is 232 g/mol. The van der Waals surface area contributed by atoms with Crippen LogP contribution in [0.4, 0.5) is 0 Å². The van der Waals surface area contributed by atoms with Crippen molar-refractivity contribution in [2.45, 2.75) is 6.73 Å². The summed E-state index contributed by atoms with van der Waals surface area (Å²) in [5.74, 6) is 0.220. The summed E-state index contributed by atoms with van der Waals surface area (Å²) in [6.07, 6.45) is 3.47. The van der Waals surface area contributed by atoms with Crippen molar-refractivity contribution >= 4 is 5.97 Å². The van der Waals surface area contributed by atoms with Crippen LogP contribution in [0.3, 0.4) is 0 Å². The lowest BCUT2D eigenvalue weighted by Crippen LogP contribution is -2.06. The molecular formula is C12H12N2O3. The third-order valence-electron chi connectivity index (χ3n) is 2.18. The summed E-state index contributed by atoms with van der Waals surface area (Å²) in [4.78, 5) is 11.3. The summed E-state index contributed by atoms with van der Waals surface area (Å²) >= 11 is 0. The molecule has 0 unspecified atom stereocenters. The molecule has 0 aliphatic rings. The van der Waals surface area contributed by atoms with Gasteiger partial charge in [-0.2, -0.15) is 5.10 Å². The molecule has 1 aromatic carbocycles. The second kappa shape index (κ2) is 5.16. The highest BCUT2D eigenvalue weighted by Gasteiger charge is 2.05. The Balaban J connectivity index is 2.03. The van der Waals surface area contributed by atoms with Gasteiger partial charge in [0.1, 0.15) is 5.75 Å². The fourth-order valence-electron chi connectivity index (χ4n) is 1.35. The van der Waals surface area contributed by atoms with Gasteiger partial charge in [-0.15, -0.1) is 0 Å². The van der Waals surface area contributed by atoms with Crippen LogP contribution in [0, 0.1) is 0 Å². The number of carbonyl (C=O) groups is 1. The molecule has 1 heterocycles. The maximum absolute atomic E-state index is 11.3. The van der Waals surface area contributed by atoms with Gasteiger partial charge < -0.3 is 9.47 Å². The zero-order valence-electron chi connectivity index (χ0n) is 9.37. The first-order chi connectivity index (χ1) is 8.29. The maximum Gasteiger partial charge on any atom is 0.337 e. The predicted octanol–water partition coefficient (Wildman–Crippen LogP) is 1.71. The number of esters is 1. The van der Waals surface area contributed by atoms with Gasteiger partial charge in [0.25, 0.3) is 0 Å². The van der Waals surface area contributed by atoms with Crippen LogP contribution in [-0.4, -0.2) is 22.9 Å². The number of hydrogen-bond donors (Lipinski definition) is 0. The first-order valence-corrected chi connectivity index (χ1v) is 5.08. The summed E-state index contributed by atoms with van der Waals surface area (Å²) in [6.45, 7) is 0.303. The van der Waals surface area contributed by atoms with Gasteiger partial charge in [0, 0.05) is 12.4 Å². The van der Waals surface area contributed by atoms with Gasteiger partial charge in [-0.1, -0.05) is 6.07 Å². The molecule has 0 aliphatic heterocycles. The third-order valence-corrected chi connectivity index (χ3v) is 2.18. The zero-order chi connectivity index (χ0) is 12.1. The molecule has 5 heteroatoms. The Morgan fingerprint density at radius 1 is 1.41 bits per heavy atom. The van der Waals surface area contributed by atoms with Crippen LogP contribution >= 0.6 is 0 Å². The summed E-state index contributed by atoms with van der Waals surface area (Å²) in [7, 11) is 1.35. The van der Waals surface area contributed by atoms with Crippen molar-refractivity contribution in [3.63, 3.8) is 0 Å². The van der Waals surface area contributed by atoms with E-state index in [9.17, 15) is 4.79 Å². The van der Waals surface area contributed by atoms with Crippen molar-refractivity contribution in [2.75, 3.05) is 7.11 Å². The van der Waals surface area contributed by atoms with E-state index in [0.717, 1.165) is 0 Å². The molecule has 0 atom stereocenters. The van der Waals surface area contributed by atoms with Crippen LogP contribution in [-0.2, 0) is 11.5 Å². The predicted molar refractivity (Wildman–Crippen MR) is 60.6 cm³/mol. The molecule has 0 fully saturated rings. The SMILES string of the molecule is COC(=O)c1cccc(OCn2cccn2)c1. The molecule has 0 amide bonds. The molecule has 5 nitrogen and oxygen atoms in total. The Hall–Kier alpha value is -2.30. The van der Waals surface area contributed by atoms with Crippen LogP contribution in [0.1, 0.15) is 10.4 Å². The first kappa shape index (κ1) is 11.2. The average Bonchev–Trinajstić information content (AvgIpc) is 2.89. The highest BCUT2D eigenvalue weighted by atomic mass is 16.5. The highest BCUT2D eigenvalue weighted by Crippen LogP contribution is 2.14. The third kappa shape index (κ3) is 2.84. The first-order valence-electron chi connectivity index (χ1n) is 5.08. The van der Waals surface area contributed by atoms with Crippen LogP contribution < -0.4 is 4.74 Å². The van der Waals surface area contributed by atoms with Crippen molar-refractivity contribution in [3.8, 4) is 5.75 Å². The minimum atomic E-state index is -0.380. The second-order valence-electron chi connectivity index (χ2n) is 3.34. The van der Waals surface area contributed by atoms with Crippen molar-refractivity contribution in [1.29, 1.82) is 0 Å². The molecule has 0 N–H and O–H groups in total. The molecule has 0 saturated carbocycles. The smallest absolute Gasteiger partial charge is 0.337 e. The Morgan fingerprint density at radius 2 is 2.29 bits per heavy atom. The molecule has 2 rings (SSSR count). The zero-order valence-corrected chi connectivity index (χ0v) is 9.37. The fraction of sp³-hybridized carbons (Fsp3) is 0.167. The van der Waals surface area contributed by atoms with E-state index in [0.29, 0.717) is 18.0 Å². The molecule has 2 aromatic rings. The molecule has 0 aliphatic carbocycles. The minimum Gasteiger partial charge on any atom is -0.471 e. The van der Waals surface area contributed by atoms with Crippen LogP contribution in [0.25, 0.3) is 0 Å². The van der Waals surface area contributed by atoms with Gasteiger partial charge >= 0.3 is 5.97 Å². The molecule has 17 heavy (non-hydrogen) atoms. The second-order valence-corrected chi connectivity index (χ2v) is 3.34. The van der Waals surface area contributed by atoms with Gasteiger partial charge in [0.2, 0.25) is 0 Å². The van der Waals surface area contributed by atoms with Crippen molar-refractivity contribution in [2.24, 2.45) is 0 Å². The van der Waals surface area contributed by atoms with E-state index in [1.807, 2.05) is 6.07 Å². The lowest BCUT2D eigenvalue weighted by atomic mass is 10.2. The molecule has 88 valence electrons. The lowest BCUT2D eigenvalue weighted by molar-refractivity contribution is 0.0600. The van der Waals surface area contributed by atoms with Crippen molar-refractivity contribution in [3.05, 3.63) is 48.3 Å². The fourth-order valence-corrected chi connectivity index (χ4v) is 1.35. The van der Waals surface area contributed by atoms with Crippen LogP contribution in [0.2, 0.25) is 0 Å². The van der Waals surface area contributed by atoms with E-state index in [1.165, 1.54) is 7.11 Å². The Kier molecular flexibility index (Phi) is 3.40. The summed E-state index contributed by atoms with van der Waals surface area (Å²) in [6, 6.07) is 8.64. The number of benzene rings is 1. The standard InChI is InChI=1S/C12H12N2O3/c1-16-12(15)10-4-2-5-11(8-10)17-9-14-7-3-6-13-14/h2-8H,9H2,1H3. The summed E-state index contributed by atoms with van der Waals surface area (Å²) in [5, 5.41) is 4.01. The number of methoxy groups -OCH3 is 1. The number of nitrogens with zero attached hydrogens (tertiary/aromatic N) is 2. The lowest BCUT2D eigenvalue weighted by Gasteiger charge is -2.07. The van der Waals surface area contributed by atoms with E-state index >= 15 is 0 Å². The summed E-state index contributed by atoms with van der Waals surface area (Å²) in [5.41, 5.74) is 0.463. The number of aromatic nitrogens is 2. The van der Waals surface area contributed by atoms with Crippen LogP contribution in [0.15, 0.2) is 42.7 Å². The van der Waals surface area contributed by atoms with E-state index in [2.05, 4.69) is 9.84 Å².